The van der Waals surface area contributed by atoms with Crippen molar-refractivity contribution < 1.29 is 9.63 Å². The molecule has 2 aromatic rings. The first kappa shape index (κ1) is 8.55. The van der Waals surface area contributed by atoms with Crippen molar-refractivity contribution in [3.8, 4) is 5.75 Å². The summed E-state index contributed by atoms with van der Waals surface area (Å²) in [6.45, 7) is 0. The Labute approximate surface area is 80.2 Å². The third-order valence-corrected chi connectivity index (χ3v) is 1.75. The maximum atomic E-state index is 9.20. The molecule has 0 amide bonds. The van der Waals surface area contributed by atoms with Gasteiger partial charge in [-0.25, -0.2) is 0 Å². The first-order chi connectivity index (χ1) is 6.74. The summed E-state index contributed by atoms with van der Waals surface area (Å²) in [5.74, 6) is 0.781. The number of anilines is 1. The van der Waals surface area contributed by atoms with Crippen LogP contribution in [0.2, 0.25) is 0 Å². The number of nitrogen functional groups attached to an aromatic ring is 1. The van der Waals surface area contributed by atoms with Crippen LogP contribution in [0.1, 0.15) is 11.5 Å². The van der Waals surface area contributed by atoms with E-state index in [9.17, 15) is 5.11 Å². The second-order valence-corrected chi connectivity index (χ2v) is 2.89. The minimum absolute atomic E-state index is 0.125. The number of nitrogens with two attached hydrogens (primary N) is 1. The van der Waals surface area contributed by atoms with Crippen LogP contribution in [0.5, 0.6) is 5.75 Å². The fraction of sp³-hybridized carbons (Fsp3) is 0.111. The van der Waals surface area contributed by atoms with Gasteiger partial charge in [-0.2, -0.15) is 4.98 Å². The lowest BCUT2D eigenvalue weighted by molar-refractivity contribution is 0.386. The first-order valence-corrected chi connectivity index (χ1v) is 4.10. The van der Waals surface area contributed by atoms with E-state index in [0.29, 0.717) is 12.3 Å². The summed E-state index contributed by atoms with van der Waals surface area (Å²) in [6.07, 6.45) is 0.471. The smallest absolute Gasteiger partial charge is 0.260 e. The van der Waals surface area contributed by atoms with Gasteiger partial charge in [0.05, 0.1) is 6.42 Å². The fourth-order valence-corrected chi connectivity index (χ4v) is 1.18. The Morgan fingerprint density at radius 1 is 1.43 bits per heavy atom. The second kappa shape index (κ2) is 3.37. The highest BCUT2D eigenvalue weighted by molar-refractivity contribution is 5.29. The Kier molecular flexibility index (Phi) is 2.06. The maximum Gasteiger partial charge on any atom is 0.260 e. The van der Waals surface area contributed by atoms with Crippen LogP contribution in [0.25, 0.3) is 0 Å². The predicted octanol–water partition coefficient (Wildman–Crippen LogP) is 0.948. The molecule has 14 heavy (non-hydrogen) atoms. The number of benzene rings is 1. The number of phenolic OH excluding ortho intramolecular Hbond substituents is 1. The molecular weight excluding hydrogens is 182 g/mol. The zero-order chi connectivity index (χ0) is 9.97. The van der Waals surface area contributed by atoms with Gasteiger partial charge in [-0.15, -0.1) is 0 Å². The van der Waals surface area contributed by atoms with Gasteiger partial charge in [-0.1, -0.05) is 12.1 Å². The van der Waals surface area contributed by atoms with Crippen LogP contribution in [0, 0.1) is 0 Å². The first-order valence-electron chi connectivity index (χ1n) is 4.10. The lowest BCUT2D eigenvalue weighted by atomic mass is 10.1. The Balaban J connectivity index is 2.18. The standard InChI is InChI=1S/C9H9N3O2/c10-9-11-8(14-12-9)5-6-2-1-3-7(13)4-6/h1-4,13H,5H2,(H2,10,12). The summed E-state index contributed by atoms with van der Waals surface area (Å²) < 4.78 is 4.84. The number of rotatable bonds is 2. The largest absolute Gasteiger partial charge is 0.508 e. The number of hydrogen-bond acceptors (Lipinski definition) is 5. The van der Waals surface area contributed by atoms with Crippen LogP contribution in [-0.2, 0) is 6.42 Å². The molecule has 0 radical (unpaired) electrons. The van der Waals surface area contributed by atoms with E-state index in [0.717, 1.165) is 5.56 Å². The number of hydrogen-bond donors (Lipinski definition) is 2. The Morgan fingerprint density at radius 2 is 2.29 bits per heavy atom. The number of aromatic hydroxyl groups is 1. The van der Waals surface area contributed by atoms with Crippen LogP contribution in [0.4, 0.5) is 5.95 Å². The van der Waals surface area contributed by atoms with Crippen molar-refractivity contribution in [2.75, 3.05) is 5.73 Å². The highest BCUT2D eigenvalue weighted by Gasteiger charge is 2.04. The van der Waals surface area contributed by atoms with Crippen LogP contribution in [-0.4, -0.2) is 15.2 Å². The van der Waals surface area contributed by atoms with Gasteiger partial charge >= 0.3 is 0 Å². The zero-order valence-corrected chi connectivity index (χ0v) is 7.34. The molecule has 0 aliphatic heterocycles. The van der Waals surface area contributed by atoms with Crippen LogP contribution in [0.15, 0.2) is 28.8 Å². The molecular formula is C9H9N3O2. The lowest BCUT2D eigenvalue weighted by Crippen LogP contribution is -1.89. The number of phenols is 1. The molecule has 0 atom stereocenters. The summed E-state index contributed by atoms with van der Waals surface area (Å²) >= 11 is 0. The van der Waals surface area contributed by atoms with E-state index in [4.69, 9.17) is 10.3 Å². The van der Waals surface area contributed by atoms with E-state index in [-0.39, 0.29) is 11.7 Å². The quantitative estimate of drug-likeness (QED) is 0.738. The molecule has 0 fully saturated rings. The van der Waals surface area contributed by atoms with E-state index in [1.807, 2.05) is 6.07 Å². The fourth-order valence-electron chi connectivity index (χ4n) is 1.18. The summed E-state index contributed by atoms with van der Waals surface area (Å²) in [4.78, 5) is 3.85. The molecule has 0 bridgehead atoms. The molecule has 0 saturated heterocycles. The molecule has 0 saturated carbocycles. The molecule has 5 nitrogen and oxygen atoms in total. The van der Waals surface area contributed by atoms with Crippen molar-refractivity contribution >= 4 is 5.95 Å². The van der Waals surface area contributed by atoms with Gasteiger partial charge in [-0.3, -0.25) is 0 Å². The average molecular weight is 191 g/mol. The Morgan fingerprint density at radius 3 is 2.93 bits per heavy atom. The molecule has 2 rings (SSSR count). The molecule has 0 spiro atoms. The minimum Gasteiger partial charge on any atom is -0.508 e. The number of aromatic nitrogens is 2. The van der Waals surface area contributed by atoms with Gasteiger partial charge in [0.1, 0.15) is 5.75 Å². The average Bonchev–Trinajstić information content (AvgIpc) is 2.51. The van der Waals surface area contributed by atoms with Crippen LogP contribution >= 0.6 is 0 Å². The van der Waals surface area contributed by atoms with Crippen LogP contribution in [0.3, 0.4) is 0 Å². The number of nitrogens with zero attached hydrogens (tertiary/aromatic N) is 2. The van der Waals surface area contributed by atoms with Crippen molar-refractivity contribution in [3.63, 3.8) is 0 Å². The monoisotopic (exact) mass is 191 g/mol. The lowest BCUT2D eigenvalue weighted by Gasteiger charge is -1.96. The maximum absolute atomic E-state index is 9.20. The van der Waals surface area contributed by atoms with Crippen molar-refractivity contribution in [1.29, 1.82) is 0 Å². The third-order valence-electron chi connectivity index (χ3n) is 1.75. The van der Waals surface area contributed by atoms with Gasteiger partial charge in [0.2, 0.25) is 5.89 Å². The summed E-state index contributed by atoms with van der Waals surface area (Å²) in [6, 6.07) is 6.86. The molecule has 5 heteroatoms. The molecule has 1 aromatic carbocycles. The summed E-state index contributed by atoms with van der Waals surface area (Å²) in [5.41, 5.74) is 6.19. The van der Waals surface area contributed by atoms with Gasteiger partial charge in [0, 0.05) is 0 Å². The van der Waals surface area contributed by atoms with Gasteiger partial charge in [-0.05, 0) is 22.9 Å². The topological polar surface area (TPSA) is 85.2 Å². The van der Waals surface area contributed by atoms with E-state index >= 15 is 0 Å². The second-order valence-electron chi connectivity index (χ2n) is 2.89. The molecule has 1 aromatic heterocycles. The predicted molar refractivity (Wildman–Crippen MR) is 49.6 cm³/mol. The Bertz CT molecular complexity index is 439. The molecule has 3 N–H and O–H groups in total. The van der Waals surface area contributed by atoms with Gasteiger partial charge in [0.15, 0.2) is 0 Å². The van der Waals surface area contributed by atoms with Gasteiger partial charge < -0.3 is 15.4 Å². The normalized spacial score (nSPS) is 10.3. The summed E-state index contributed by atoms with van der Waals surface area (Å²) in [7, 11) is 0. The molecule has 0 aliphatic carbocycles. The van der Waals surface area contributed by atoms with Gasteiger partial charge in [0.25, 0.3) is 5.95 Å². The summed E-state index contributed by atoms with van der Waals surface area (Å²) in [5, 5.41) is 12.7. The third kappa shape index (κ3) is 1.82. The zero-order valence-electron chi connectivity index (χ0n) is 7.34. The van der Waals surface area contributed by atoms with E-state index in [1.54, 1.807) is 18.2 Å². The molecule has 0 aliphatic rings. The minimum atomic E-state index is 0.125. The SMILES string of the molecule is Nc1noc(Cc2cccc(O)c2)n1. The highest BCUT2D eigenvalue weighted by Crippen LogP contribution is 2.14. The van der Waals surface area contributed by atoms with Crippen molar-refractivity contribution in [1.82, 2.24) is 10.1 Å². The van der Waals surface area contributed by atoms with E-state index in [2.05, 4.69) is 10.1 Å². The van der Waals surface area contributed by atoms with Crippen LogP contribution < -0.4 is 5.73 Å². The molecule has 0 unspecified atom stereocenters. The van der Waals surface area contributed by atoms with Crippen molar-refractivity contribution in [3.05, 3.63) is 35.7 Å². The highest BCUT2D eigenvalue weighted by atomic mass is 16.5. The van der Waals surface area contributed by atoms with E-state index in [1.165, 1.54) is 0 Å². The van der Waals surface area contributed by atoms with Crippen molar-refractivity contribution in [2.24, 2.45) is 0 Å². The Hall–Kier alpha value is -2.04. The molecule has 72 valence electrons. The van der Waals surface area contributed by atoms with Crippen molar-refractivity contribution in [2.45, 2.75) is 6.42 Å². The molecule has 1 heterocycles. The van der Waals surface area contributed by atoms with E-state index < -0.39 is 0 Å².